The first kappa shape index (κ1) is 10.8. The second kappa shape index (κ2) is 4.52. The summed E-state index contributed by atoms with van der Waals surface area (Å²) in [5.74, 6) is 0.482. The molecule has 0 aliphatic heterocycles. The summed E-state index contributed by atoms with van der Waals surface area (Å²) < 4.78 is 13.6. The van der Waals surface area contributed by atoms with Crippen molar-refractivity contribution in [1.29, 1.82) is 0 Å². The molecule has 0 bridgehead atoms. The van der Waals surface area contributed by atoms with Crippen LogP contribution in [0.3, 0.4) is 0 Å². The van der Waals surface area contributed by atoms with Gasteiger partial charge in [0.05, 0.1) is 5.52 Å². The van der Waals surface area contributed by atoms with Crippen molar-refractivity contribution in [3.63, 3.8) is 0 Å². The van der Waals surface area contributed by atoms with Crippen LogP contribution in [-0.2, 0) is 0 Å². The van der Waals surface area contributed by atoms with Crippen LogP contribution in [0.15, 0.2) is 24.4 Å². The van der Waals surface area contributed by atoms with Crippen LogP contribution < -0.4 is 0 Å². The molecule has 1 heterocycles. The van der Waals surface area contributed by atoms with E-state index < -0.39 is 0 Å². The molecule has 90 valence electrons. The maximum Gasteiger partial charge on any atom is 0.147 e. The number of H-pyrrole nitrogens is 1. The van der Waals surface area contributed by atoms with E-state index in [4.69, 9.17) is 0 Å². The Bertz CT molecular complexity index is 507. The van der Waals surface area contributed by atoms with Gasteiger partial charge in [0.25, 0.3) is 0 Å². The minimum absolute atomic E-state index is 0.137. The standard InChI is InChI=1S/C15H18FN/c16-14-9-5-8-12-13(10-17-15(12)14)11-6-3-1-2-4-7-11/h5,8-11,17H,1-4,6-7H2. The van der Waals surface area contributed by atoms with E-state index in [0.717, 1.165) is 5.39 Å². The third kappa shape index (κ3) is 1.97. The Kier molecular flexibility index (Phi) is 2.87. The van der Waals surface area contributed by atoms with E-state index >= 15 is 0 Å². The van der Waals surface area contributed by atoms with Crippen LogP contribution in [0.5, 0.6) is 0 Å². The lowest BCUT2D eigenvalue weighted by Gasteiger charge is -2.12. The van der Waals surface area contributed by atoms with Crippen LogP contribution in [0.25, 0.3) is 10.9 Å². The lowest BCUT2D eigenvalue weighted by molar-refractivity contribution is 0.596. The molecule has 2 aromatic rings. The van der Waals surface area contributed by atoms with Crippen molar-refractivity contribution in [3.05, 3.63) is 35.8 Å². The molecule has 0 unspecified atom stereocenters. The van der Waals surface area contributed by atoms with E-state index in [-0.39, 0.29) is 5.82 Å². The molecule has 0 saturated heterocycles. The van der Waals surface area contributed by atoms with Crippen LogP contribution in [0.2, 0.25) is 0 Å². The Morgan fingerprint density at radius 3 is 2.59 bits per heavy atom. The Morgan fingerprint density at radius 1 is 1.06 bits per heavy atom. The average molecular weight is 231 g/mol. The fraction of sp³-hybridized carbons (Fsp3) is 0.467. The summed E-state index contributed by atoms with van der Waals surface area (Å²) in [6, 6.07) is 5.37. The van der Waals surface area contributed by atoms with Gasteiger partial charge in [-0.05, 0) is 30.4 Å². The number of benzene rings is 1. The third-order valence-corrected chi connectivity index (χ3v) is 3.99. The molecule has 1 aliphatic rings. The number of rotatable bonds is 1. The van der Waals surface area contributed by atoms with Crippen LogP contribution in [-0.4, -0.2) is 4.98 Å². The summed E-state index contributed by atoms with van der Waals surface area (Å²) >= 11 is 0. The predicted octanol–water partition coefficient (Wildman–Crippen LogP) is 4.74. The van der Waals surface area contributed by atoms with Crippen molar-refractivity contribution >= 4 is 10.9 Å². The monoisotopic (exact) mass is 231 g/mol. The Hall–Kier alpha value is -1.31. The van der Waals surface area contributed by atoms with Crippen molar-refractivity contribution in [2.24, 2.45) is 0 Å². The molecule has 1 N–H and O–H groups in total. The van der Waals surface area contributed by atoms with Crippen LogP contribution >= 0.6 is 0 Å². The molecular weight excluding hydrogens is 213 g/mol. The summed E-state index contributed by atoms with van der Waals surface area (Å²) in [7, 11) is 0. The number of hydrogen-bond acceptors (Lipinski definition) is 0. The van der Waals surface area contributed by atoms with Gasteiger partial charge in [-0.1, -0.05) is 37.8 Å². The highest BCUT2D eigenvalue weighted by Gasteiger charge is 2.18. The van der Waals surface area contributed by atoms with E-state index in [1.807, 2.05) is 18.3 Å². The van der Waals surface area contributed by atoms with Crippen molar-refractivity contribution in [2.45, 2.75) is 44.4 Å². The van der Waals surface area contributed by atoms with Crippen LogP contribution in [0.4, 0.5) is 4.39 Å². The highest BCUT2D eigenvalue weighted by atomic mass is 19.1. The molecular formula is C15H18FN. The van der Waals surface area contributed by atoms with Gasteiger partial charge in [-0.3, -0.25) is 0 Å². The summed E-state index contributed by atoms with van der Waals surface area (Å²) in [5, 5.41) is 1.08. The fourth-order valence-corrected chi connectivity index (χ4v) is 3.07. The maximum atomic E-state index is 13.6. The van der Waals surface area contributed by atoms with Gasteiger partial charge >= 0.3 is 0 Å². The highest BCUT2D eigenvalue weighted by molar-refractivity contribution is 5.84. The smallest absolute Gasteiger partial charge is 0.147 e. The minimum Gasteiger partial charge on any atom is -0.359 e. The predicted molar refractivity (Wildman–Crippen MR) is 68.7 cm³/mol. The lowest BCUT2D eigenvalue weighted by Crippen LogP contribution is -1.95. The molecule has 1 aromatic carbocycles. The van der Waals surface area contributed by atoms with Crippen molar-refractivity contribution in [3.8, 4) is 0 Å². The zero-order valence-corrected chi connectivity index (χ0v) is 10.0. The number of halogens is 1. The van der Waals surface area contributed by atoms with Gasteiger partial charge in [0, 0.05) is 11.6 Å². The van der Waals surface area contributed by atoms with Gasteiger partial charge in [0.1, 0.15) is 5.82 Å². The fourth-order valence-electron chi connectivity index (χ4n) is 3.07. The zero-order chi connectivity index (χ0) is 11.7. The first-order valence-electron chi connectivity index (χ1n) is 6.62. The third-order valence-electron chi connectivity index (χ3n) is 3.99. The number of aromatic nitrogens is 1. The number of aromatic amines is 1. The molecule has 1 aromatic heterocycles. The molecule has 1 aliphatic carbocycles. The summed E-state index contributed by atoms with van der Waals surface area (Å²) in [4.78, 5) is 3.10. The highest BCUT2D eigenvalue weighted by Crippen LogP contribution is 2.35. The normalized spacial score (nSPS) is 18.4. The van der Waals surface area contributed by atoms with E-state index in [0.29, 0.717) is 11.4 Å². The largest absolute Gasteiger partial charge is 0.359 e. The quantitative estimate of drug-likeness (QED) is 0.682. The van der Waals surface area contributed by atoms with Crippen LogP contribution in [0, 0.1) is 5.82 Å². The summed E-state index contributed by atoms with van der Waals surface area (Å²) in [5.41, 5.74) is 1.99. The first-order chi connectivity index (χ1) is 8.36. The minimum atomic E-state index is -0.137. The molecule has 2 heteroatoms. The average Bonchev–Trinajstić information content (AvgIpc) is 2.59. The number of para-hydroxylation sites is 1. The second-order valence-corrected chi connectivity index (χ2v) is 5.09. The topological polar surface area (TPSA) is 15.8 Å². The molecule has 0 atom stereocenters. The number of hydrogen-bond donors (Lipinski definition) is 1. The zero-order valence-electron chi connectivity index (χ0n) is 10.0. The summed E-state index contributed by atoms with van der Waals surface area (Å²) in [6.45, 7) is 0. The molecule has 1 fully saturated rings. The Labute approximate surface area is 101 Å². The molecule has 0 radical (unpaired) electrons. The Balaban J connectivity index is 2.02. The molecule has 0 spiro atoms. The summed E-state index contributed by atoms with van der Waals surface area (Å²) in [6.07, 6.45) is 9.86. The lowest BCUT2D eigenvalue weighted by atomic mass is 9.91. The van der Waals surface area contributed by atoms with Crippen molar-refractivity contribution < 1.29 is 4.39 Å². The van der Waals surface area contributed by atoms with Gasteiger partial charge < -0.3 is 4.98 Å². The van der Waals surface area contributed by atoms with E-state index in [2.05, 4.69) is 4.98 Å². The molecule has 17 heavy (non-hydrogen) atoms. The van der Waals surface area contributed by atoms with Crippen molar-refractivity contribution in [2.75, 3.05) is 0 Å². The van der Waals surface area contributed by atoms with Gasteiger partial charge in [0.15, 0.2) is 0 Å². The number of fused-ring (bicyclic) bond motifs is 1. The van der Waals surface area contributed by atoms with Gasteiger partial charge in [-0.15, -0.1) is 0 Å². The van der Waals surface area contributed by atoms with Gasteiger partial charge in [0.2, 0.25) is 0 Å². The SMILES string of the molecule is Fc1cccc2c(C3CCCCCC3)c[nH]c12. The maximum absolute atomic E-state index is 13.6. The van der Waals surface area contributed by atoms with Crippen LogP contribution in [0.1, 0.15) is 50.0 Å². The van der Waals surface area contributed by atoms with E-state index in [1.54, 1.807) is 0 Å². The van der Waals surface area contributed by atoms with E-state index in [1.165, 1.54) is 50.2 Å². The van der Waals surface area contributed by atoms with E-state index in [9.17, 15) is 4.39 Å². The van der Waals surface area contributed by atoms with Gasteiger partial charge in [-0.2, -0.15) is 0 Å². The molecule has 1 saturated carbocycles. The molecule has 3 rings (SSSR count). The molecule has 0 amide bonds. The van der Waals surface area contributed by atoms with Crippen molar-refractivity contribution in [1.82, 2.24) is 4.98 Å². The first-order valence-corrected chi connectivity index (χ1v) is 6.62. The molecule has 1 nitrogen and oxygen atoms in total. The number of nitrogens with one attached hydrogen (secondary N) is 1. The second-order valence-electron chi connectivity index (χ2n) is 5.09. The van der Waals surface area contributed by atoms with Gasteiger partial charge in [-0.25, -0.2) is 4.39 Å². The Morgan fingerprint density at radius 2 is 1.82 bits per heavy atom.